The van der Waals surface area contributed by atoms with Crippen molar-refractivity contribution in [2.45, 2.75) is 18.4 Å². The molecule has 0 bridgehead atoms. The number of aromatic nitrogens is 6. The first-order valence-corrected chi connectivity index (χ1v) is 10.7. The number of imidazole rings is 1. The normalized spacial score (nSPS) is 20.1. The highest BCUT2D eigenvalue weighted by Crippen LogP contribution is 2.37. The maximum absolute atomic E-state index is 6.43. The topological polar surface area (TPSA) is 101 Å². The van der Waals surface area contributed by atoms with Crippen LogP contribution in [-0.4, -0.2) is 56.2 Å². The van der Waals surface area contributed by atoms with Gasteiger partial charge in [0.05, 0.1) is 32.3 Å². The molecule has 2 aromatic heterocycles. The smallest absolute Gasteiger partial charge is 0.242 e. The van der Waals surface area contributed by atoms with Crippen molar-refractivity contribution >= 4 is 12.2 Å². The summed E-state index contributed by atoms with van der Waals surface area (Å²) in [5.74, 6) is 0.526. The Balaban J connectivity index is 1.28. The van der Waals surface area contributed by atoms with Crippen LogP contribution < -0.4 is 9.47 Å². The Morgan fingerprint density at radius 1 is 1.15 bits per heavy atom. The van der Waals surface area contributed by atoms with Gasteiger partial charge in [-0.3, -0.25) is 0 Å². The number of hydrogen-bond donors (Lipinski definition) is 1. The highest BCUT2D eigenvalue weighted by molar-refractivity contribution is 7.71. The summed E-state index contributed by atoms with van der Waals surface area (Å²) >= 11 is 5.12. The summed E-state index contributed by atoms with van der Waals surface area (Å²) in [6.45, 7) is 1.20. The van der Waals surface area contributed by atoms with Gasteiger partial charge in [0.2, 0.25) is 10.6 Å². The van der Waals surface area contributed by atoms with E-state index < -0.39 is 5.79 Å². The minimum Gasteiger partial charge on any atom is -0.497 e. The van der Waals surface area contributed by atoms with Crippen molar-refractivity contribution in [3.8, 4) is 17.2 Å². The third kappa shape index (κ3) is 4.51. The molecule has 10 nitrogen and oxygen atoms in total. The third-order valence-corrected chi connectivity index (χ3v) is 5.61. The monoisotopic (exact) mass is 466 g/mol. The molecule has 0 radical (unpaired) electrons. The number of ether oxygens (including phenoxy) is 4. The Labute approximate surface area is 194 Å². The second kappa shape index (κ2) is 9.14. The maximum atomic E-state index is 6.43. The van der Waals surface area contributed by atoms with Gasteiger partial charge in [0.15, 0.2) is 0 Å². The number of aromatic amines is 1. The average molecular weight is 467 g/mol. The van der Waals surface area contributed by atoms with E-state index in [4.69, 9.17) is 31.2 Å². The minimum atomic E-state index is -0.949. The van der Waals surface area contributed by atoms with Gasteiger partial charge >= 0.3 is 0 Å². The zero-order valence-corrected chi connectivity index (χ0v) is 18.6. The summed E-state index contributed by atoms with van der Waals surface area (Å²) in [5, 5.41) is 10.2. The standard InChI is InChI=1S/C22H22N6O4S/c1-29-18-6-2-16(3-7-18)22(14-27-11-10-23-15-27)31-13-20(32-22)12-30-19-8-4-17(5-9-19)28-21(33)24-25-26-28/h2-11,15,20H,12-14H2,1H3,(H,24,26,33). The fourth-order valence-electron chi connectivity index (χ4n) is 3.68. The molecule has 1 N–H and O–H groups in total. The summed E-state index contributed by atoms with van der Waals surface area (Å²) in [7, 11) is 1.64. The SMILES string of the molecule is COc1ccc(C2(Cn3ccnc3)OCC(COc3ccc(-n4[nH]nnc4=S)cc3)O2)cc1. The van der Waals surface area contributed by atoms with Crippen molar-refractivity contribution in [2.75, 3.05) is 20.3 Å². The quantitative estimate of drug-likeness (QED) is 0.396. The molecule has 3 heterocycles. The van der Waals surface area contributed by atoms with Gasteiger partial charge < -0.3 is 23.5 Å². The van der Waals surface area contributed by atoms with Crippen molar-refractivity contribution < 1.29 is 18.9 Å². The highest BCUT2D eigenvalue weighted by atomic mass is 32.1. The number of benzene rings is 2. The van der Waals surface area contributed by atoms with Crippen LogP contribution in [0.2, 0.25) is 0 Å². The van der Waals surface area contributed by atoms with E-state index in [1.165, 1.54) is 0 Å². The van der Waals surface area contributed by atoms with Crippen LogP contribution in [0.5, 0.6) is 11.5 Å². The lowest BCUT2D eigenvalue weighted by molar-refractivity contribution is -0.189. The van der Waals surface area contributed by atoms with Crippen LogP contribution in [0.15, 0.2) is 67.3 Å². The van der Waals surface area contributed by atoms with Gasteiger partial charge in [0, 0.05) is 18.0 Å². The van der Waals surface area contributed by atoms with E-state index >= 15 is 0 Å². The van der Waals surface area contributed by atoms with E-state index in [1.807, 2.05) is 59.3 Å². The van der Waals surface area contributed by atoms with E-state index in [1.54, 1.807) is 24.3 Å². The molecule has 0 amide bonds. The molecule has 2 unspecified atom stereocenters. The van der Waals surface area contributed by atoms with Gasteiger partial charge in [-0.25, -0.2) is 9.67 Å². The highest BCUT2D eigenvalue weighted by Gasteiger charge is 2.44. The van der Waals surface area contributed by atoms with Gasteiger partial charge in [-0.1, -0.05) is 10.3 Å². The number of methoxy groups -OCH3 is 1. The molecule has 33 heavy (non-hydrogen) atoms. The van der Waals surface area contributed by atoms with E-state index in [0.29, 0.717) is 30.3 Å². The molecule has 11 heteroatoms. The lowest BCUT2D eigenvalue weighted by Gasteiger charge is -2.29. The molecule has 1 saturated heterocycles. The Hall–Kier alpha value is -3.54. The molecule has 0 spiro atoms. The van der Waals surface area contributed by atoms with Crippen LogP contribution in [0.1, 0.15) is 5.56 Å². The zero-order chi connectivity index (χ0) is 22.7. The number of nitrogens with one attached hydrogen (secondary N) is 1. The molecule has 0 aliphatic carbocycles. The van der Waals surface area contributed by atoms with Crippen LogP contribution in [0, 0.1) is 4.77 Å². The zero-order valence-electron chi connectivity index (χ0n) is 17.8. The average Bonchev–Trinajstić information content (AvgIpc) is 3.61. The first kappa shape index (κ1) is 21.3. The first-order valence-electron chi connectivity index (χ1n) is 10.3. The number of tetrazole rings is 1. The molecule has 2 aromatic carbocycles. The van der Waals surface area contributed by atoms with Crippen molar-refractivity contribution in [2.24, 2.45) is 0 Å². The summed E-state index contributed by atoms with van der Waals surface area (Å²) in [5.41, 5.74) is 1.71. The second-order valence-electron chi connectivity index (χ2n) is 7.49. The van der Waals surface area contributed by atoms with E-state index in [2.05, 4.69) is 20.5 Å². The Bertz CT molecular complexity index is 1240. The van der Waals surface area contributed by atoms with Crippen LogP contribution in [0.25, 0.3) is 5.69 Å². The Kier molecular flexibility index (Phi) is 5.90. The lowest BCUT2D eigenvalue weighted by atomic mass is 10.1. The summed E-state index contributed by atoms with van der Waals surface area (Å²) in [6, 6.07) is 15.1. The van der Waals surface area contributed by atoms with Gasteiger partial charge in [-0.2, -0.15) is 5.21 Å². The molecule has 1 fully saturated rings. The van der Waals surface area contributed by atoms with Gasteiger partial charge in [-0.05, 0) is 60.7 Å². The summed E-state index contributed by atoms with van der Waals surface area (Å²) < 4.78 is 27.8. The second-order valence-corrected chi connectivity index (χ2v) is 7.86. The number of hydrogen-bond acceptors (Lipinski definition) is 8. The number of nitrogens with zero attached hydrogens (tertiary/aromatic N) is 5. The molecular formula is C22H22N6O4S. The third-order valence-electron chi connectivity index (χ3n) is 5.34. The molecule has 5 rings (SSSR count). The molecule has 0 saturated carbocycles. The van der Waals surface area contributed by atoms with Crippen molar-refractivity contribution in [1.29, 1.82) is 0 Å². The largest absolute Gasteiger partial charge is 0.497 e. The van der Waals surface area contributed by atoms with Crippen LogP contribution >= 0.6 is 12.2 Å². The molecular weight excluding hydrogens is 444 g/mol. The van der Waals surface area contributed by atoms with Crippen LogP contribution in [-0.2, 0) is 21.8 Å². The molecule has 170 valence electrons. The number of rotatable bonds is 8. The van der Waals surface area contributed by atoms with E-state index in [-0.39, 0.29) is 6.10 Å². The van der Waals surface area contributed by atoms with Gasteiger partial charge in [0.25, 0.3) is 0 Å². The van der Waals surface area contributed by atoms with Crippen LogP contribution in [0.3, 0.4) is 0 Å². The van der Waals surface area contributed by atoms with Gasteiger partial charge in [-0.15, -0.1) is 0 Å². The molecule has 2 atom stereocenters. The summed E-state index contributed by atoms with van der Waals surface area (Å²) in [6.07, 6.45) is 5.10. The van der Waals surface area contributed by atoms with Gasteiger partial charge in [0.1, 0.15) is 24.2 Å². The maximum Gasteiger partial charge on any atom is 0.242 e. The van der Waals surface area contributed by atoms with Crippen molar-refractivity contribution in [1.82, 2.24) is 29.8 Å². The van der Waals surface area contributed by atoms with E-state index in [0.717, 1.165) is 17.0 Å². The predicted octanol–water partition coefficient (Wildman–Crippen LogP) is 2.88. The Morgan fingerprint density at radius 2 is 1.94 bits per heavy atom. The summed E-state index contributed by atoms with van der Waals surface area (Å²) in [4.78, 5) is 4.13. The fourth-order valence-corrected chi connectivity index (χ4v) is 3.87. The first-order chi connectivity index (χ1) is 16.1. The predicted molar refractivity (Wildman–Crippen MR) is 120 cm³/mol. The fraction of sp³-hybridized carbons (Fsp3) is 0.273. The Morgan fingerprint density at radius 3 is 2.61 bits per heavy atom. The lowest BCUT2D eigenvalue weighted by Crippen LogP contribution is -2.34. The number of H-pyrrole nitrogens is 1. The minimum absolute atomic E-state index is 0.249. The van der Waals surface area contributed by atoms with Crippen LogP contribution in [0.4, 0.5) is 0 Å². The van der Waals surface area contributed by atoms with Crippen molar-refractivity contribution in [3.05, 3.63) is 77.6 Å². The van der Waals surface area contributed by atoms with Crippen molar-refractivity contribution in [3.63, 3.8) is 0 Å². The molecule has 1 aliphatic heterocycles. The molecule has 1 aliphatic rings. The van der Waals surface area contributed by atoms with E-state index in [9.17, 15) is 0 Å². The molecule has 4 aromatic rings.